The number of rotatable bonds is 7. The van der Waals surface area contributed by atoms with Crippen LogP contribution in [0.5, 0.6) is 0 Å². The van der Waals surface area contributed by atoms with Gasteiger partial charge in [-0.05, 0) is 63.4 Å². The zero-order valence-electron chi connectivity index (χ0n) is 16.2. The summed E-state index contributed by atoms with van der Waals surface area (Å²) in [7, 11) is 5.78. The molecule has 0 spiro atoms. The van der Waals surface area contributed by atoms with E-state index in [0.717, 1.165) is 24.9 Å². The van der Waals surface area contributed by atoms with Gasteiger partial charge in [0.2, 0.25) is 0 Å². The molecule has 1 unspecified atom stereocenters. The number of nitrogens with one attached hydrogen (secondary N) is 1. The fraction of sp³-hybridized carbons (Fsp3) is 0.476. The first-order chi connectivity index (χ1) is 12.1. The molecule has 0 radical (unpaired) electrons. The molecule has 1 aromatic carbocycles. The van der Waals surface area contributed by atoms with Crippen molar-refractivity contribution in [1.82, 2.24) is 5.32 Å². The summed E-state index contributed by atoms with van der Waals surface area (Å²) < 4.78 is 0. The van der Waals surface area contributed by atoms with Gasteiger partial charge in [-0.1, -0.05) is 28.9 Å². The SMILES string of the molecule is C/C=C(\C)CN(C)c1ccc(/C=N/OC)cc1C1=CCCC(NC)C1. The zero-order chi connectivity index (χ0) is 18.2. The lowest BCUT2D eigenvalue weighted by Crippen LogP contribution is -2.27. The van der Waals surface area contributed by atoms with Gasteiger partial charge in [0.05, 0.1) is 6.21 Å². The Bertz CT molecular complexity index is 661. The molecule has 25 heavy (non-hydrogen) atoms. The van der Waals surface area contributed by atoms with Crippen molar-refractivity contribution < 1.29 is 4.84 Å². The van der Waals surface area contributed by atoms with Crippen LogP contribution >= 0.6 is 0 Å². The first-order valence-corrected chi connectivity index (χ1v) is 8.99. The molecule has 0 saturated carbocycles. The first kappa shape index (κ1) is 19.3. The molecule has 0 saturated heterocycles. The van der Waals surface area contributed by atoms with Gasteiger partial charge in [0.1, 0.15) is 7.11 Å². The van der Waals surface area contributed by atoms with E-state index in [2.05, 4.69) is 73.7 Å². The monoisotopic (exact) mass is 341 g/mol. The van der Waals surface area contributed by atoms with Crippen LogP contribution in [0.4, 0.5) is 5.69 Å². The fourth-order valence-electron chi connectivity index (χ4n) is 3.26. The van der Waals surface area contributed by atoms with Gasteiger partial charge in [-0.25, -0.2) is 0 Å². The molecule has 1 aromatic rings. The Labute approximate surface area is 152 Å². The summed E-state index contributed by atoms with van der Waals surface area (Å²) in [6.07, 6.45) is 9.71. The van der Waals surface area contributed by atoms with Crippen LogP contribution in [0, 0.1) is 0 Å². The van der Waals surface area contributed by atoms with Crippen molar-refractivity contribution in [3.63, 3.8) is 0 Å². The average molecular weight is 341 g/mol. The van der Waals surface area contributed by atoms with Gasteiger partial charge < -0.3 is 15.1 Å². The number of benzene rings is 1. The highest BCUT2D eigenvalue weighted by Gasteiger charge is 2.19. The summed E-state index contributed by atoms with van der Waals surface area (Å²) in [5.41, 5.74) is 6.40. The zero-order valence-corrected chi connectivity index (χ0v) is 16.2. The summed E-state index contributed by atoms with van der Waals surface area (Å²) in [4.78, 5) is 7.16. The molecule has 1 N–H and O–H groups in total. The summed E-state index contributed by atoms with van der Waals surface area (Å²) in [6, 6.07) is 7.07. The Hall–Kier alpha value is -2.07. The number of likely N-dealkylation sites (N-methyl/N-ethyl adjacent to an activating group) is 1. The predicted molar refractivity (Wildman–Crippen MR) is 108 cm³/mol. The van der Waals surface area contributed by atoms with Crippen LogP contribution in [0.2, 0.25) is 0 Å². The molecule has 0 bridgehead atoms. The lowest BCUT2D eigenvalue weighted by atomic mass is 9.88. The Morgan fingerprint density at radius 3 is 2.92 bits per heavy atom. The van der Waals surface area contributed by atoms with Crippen molar-refractivity contribution >= 4 is 17.5 Å². The van der Waals surface area contributed by atoms with E-state index in [1.54, 1.807) is 13.3 Å². The molecule has 0 heterocycles. The normalized spacial score (nSPS) is 18.4. The Balaban J connectivity index is 2.41. The van der Waals surface area contributed by atoms with Gasteiger partial charge in [0.25, 0.3) is 0 Å². The maximum Gasteiger partial charge on any atom is 0.106 e. The van der Waals surface area contributed by atoms with E-state index in [1.165, 1.54) is 28.8 Å². The second-order valence-corrected chi connectivity index (χ2v) is 6.68. The largest absolute Gasteiger partial charge is 0.399 e. The molecule has 0 amide bonds. The fourth-order valence-corrected chi connectivity index (χ4v) is 3.26. The highest BCUT2D eigenvalue weighted by molar-refractivity contribution is 5.86. The summed E-state index contributed by atoms with van der Waals surface area (Å²) >= 11 is 0. The number of allylic oxidation sites excluding steroid dienone is 2. The smallest absolute Gasteiger partial charge is 0.106 e. The van der Waals surface area contributed by atoms with Crippen LogP contribution in [0.1, 0.15) is 44.2 Å². The van der Waals surface area contributed by atoms with Crippen molar-refractivity contribution in [2.75, 3.05) is 32.6 Å². The molecule has 4 heteroatoms. The summed E-state index contributed by atoms with van der Waals surface area (Å²) in [5.74, 6) is 0. The van der Waals surface area contributed by atoms with Crippen molar-refractivity contribution in [3.05, 3.63) is 47.1 Å². The quantitative estimate of drug-likeness (QED) is 0.458. The second kappa shape index (κ2) is 9.42. The standard InChI is InChI=1S/C21H31N3O/c1-6-16(2)15-24(4)21-11-10-17(14-23-25-5)12-20(21)18-8-7-9-19(13-18)22-3/h6,8,10-12,14,19,22H,7,9,13,15H2,1-5H3/b16-6+,23-14+. The number of nitrogens with zero attached hydrogens (tertiary/aromatic N) is 2. The topological polar surface area (TPSA) is 36.9 Å². The van der Waals surface area contributed by atoms with E-state index < -0.39 is 0 Å². The van der Waals surface area contributed by atoms with Crippen LogP contribution in [-0.2, 0) is 4.84 Å². The van der Waals surface area contributed by atoms with Gasteiger partial charge in [-0.3, -0.25) is 0 Å². The van der Waals surface area contributed by atoms with Gasteiger partial charge in [-0.2, -0.15) is 0 Å². The lowest BCUT2D eigenvalue weighted by Gasteiger charge is -2.28. The van der Waals surface area contributed by atoms with Gasteiger partial charge >= 0.3 is 0 Å². The van der Waals surface area contributed by atoms with E-state index in [-0.39, 0.29) is 0 Å². The molecule has 4 nitrogen and oxygen atoms in total. The maximum atomic E-state index is 4.84. The Morgan fingerprint density at radius 1 is 1.44 bits per heavy atom. The van der Waals surface area contributed by atoms with Crippen molar-refractivity contribution in [2.24, 2.45) is 5.16 Å². The van der Waals surface area contributed by atoms with E-state index in [4.69, 9.17) is 4.84 Å². The third-order valence-corrected chi connectivity index (χ3v) is 4.84. The first-order valence-electron chi connectivity index (χ1n) is 8.99. The highest BCUT2D eigenvalue weighted by atomic mass is 16.6. The van der Waals surface area contributed by atoms with E-state index in [1.807, 2.05) is 0 Å². The second-order valence-electron chi connectivity index (χ2n) is 6.68. The lowest BCUT2D eigenvalue weighted by molar-refractivity contribution is 0.215. The van der Waals surface area contributed by atoms with Gasteiger partial charge in [0, 0.05) is 30.9 Å². The van der Waals surface area contributed by atoms with Crippen LogP contribution in [0.3, 0.4) is 0 Å². The van der Waals surface area contributed by atoms with E-state index in [9.17, 15) is 0 Å². The molecular formula is C21H31N3O. The molecule has 1 atom stereocenters. The summed E-state index contributed by atoms with van der Waals surface area (Å²) in [5, 5.41) is 7.35. The van der Waals surface area contributed by atoms with Crippen LogP contribution in [0.25, 0.3) is 5.57 Å². The highest BCUT2D eigenvalue weighted by Crippen LogP contribution is 2.34. The molecule has 2 rings (SSSR count). The molecule has 1 aliphatic carbocycles. The minimum absolute atomic E-state index is 0.548. The Kier molecular flexibility index (Phi) is 7.26. The number of hydrogen-bond donors (Lipinski definition) is 1. The van der Waals surface area contributed by atoms with E-state index >= 15 is 0 Å². The molecule has 0 aliphatic heterocycles. The average Bonchev–Trinajstić information content (AvgIpc) is 2.65. The van der Waals surface area contributed by atoms with Gasteiger partial charge in [0.15, 0.2) is 0 Å². The van der Waals surface area contributed by atoms with E-state index in [0.29, 0.717) is 6.04 Å². The van der Waals surface area contributed by atoms with Crippen molar-refractivity contribution in [1.29, 1.82) is 0 Å². The van der Waals surface area contributed by atoms with Crippen molar-refractivity contribution in [3.8, 4) is 0 Å². The van der Waals surface area contributed by atoms with Crippen LogP contribution in [-0.4, -0.2) is 40.0 Å². The summed E-state index contributed by atoms with van der Waals surface area (Å²) in [6.45, 7) is 5.19. The minimum Gasteiger partial charge on any atom is -0.399 e. The number of hydrogen-bond acceptors (Lipinski definition) is 4. The molecular weight excluding hydrogens is 310 g/mol. The van der Waals surface area contributed by atoms with Crippen LogP contribution < -0.4 is 10.2 Å². The third-order valence-electron chi connectivity index (χ3n) is 4.84. The maximum absolute atomic E-state index is 4.84. The van der Waals surface area contributed by atoms with Crippen LogP contribution in [0.15, 0.2) is 41.1 Å². The molecule has 1 aliphatic rings. The predicted octanol–water partition coefficient (Wildman–Crippen LogP) is 4.22. The van der Waals surface area contributed by atoms with Gasteiger partial charge in [-0.15, -0.1) is 0 Å². The number of anilines is 1. The third kappa shape index (κ3) is 5.20. The molecule has 136 valence electrons. The van der Waals surface area contributed by atoms with Crippen molar-refractivity contribution in [2.45, 2.75) is 39.2 Å². The molecule has 0 fully saturated rings. The number of oxime groups is 1. The molecule has 0 aromatic heterocycles. The Morgan fingerprint density at radius 2 is 2.24 bits per heavy atom. The minimum atomic E-state index is 0.548.